The SMILES string of the molecule is Cc1cc(-c2cc(-c3ccccc3Cl)c(C(=O)O)cn2)ccn1. The number of carboxylic acid groups (broad SMARTS) is 1. The average Bonchev–Trinajstić information content (AvgIpc) is 2.54. The van der Waals surface area contributed by atoms with Crippen LogP contribution >= 0.6 is 11.6 Å². The van der Waals surface area contributed by atoms with E-state index in [4.69, 9.17) is 11.6 Å². The van der Waals surface area contributed by atoms with Crippen LogP contribution in [0.25, 0.3) is 22.4 Å². The number of rotatable bonds is 3. The molecule has 0 saturated carbocycles. The Morgan fingerprint density at radius 3 is 2.57 bits per heavy atom. The number of halogens is 1. The molecule has 0 aliphatic heterocycles. The summed E-state index contributed by atoms with van der Waals surface area (Å²) >= 11 is 6.24. The summed E-state index contributed by atoms with van der Waals surface area (Å²) in [5.74, 6) is -1.04. The van der Waals surface area contributed by atoms with E-state index in [-0.39, 0.29) is 5.56 Å². The van der Waals surface area contributed by atoms with E-state index in [1.54, 1.807) is 30.5 Å². The van der Waals surface area contributed by atoms with E-state index in [2.05, 4.69) is 9.97 Å². The van der Waals surface area contributed by atoms with Crippen LogP contribution < -0.4 is 0 Å². The standard InChI is InChI=1S/C18H13ClN2O2/c1-11-8-12(6-7-20-11)17-9-14(15(10-21-17)18(22)23)13-4-2-3-5-16(13)19/h2-10H,1H3,(H,22,23). The van der Waals surface area contributed by atoms with Crippen molar-refractivity contribution in [1.29, 1.82) is 0 Å². The zero-order valence-corrected chi connectivity index (χ0v) is 13.1. The first-order valence-corrected chi connectivity index (χ1v) is 7.35. The third-order valence-corrected chi connectivity index (χ3v) is 3.82. The van der Waals surface area contributed by atoms with Gasteiger partial charge < -0.3 is 5.11 Å². The maximum atomic E-state index is 11.5. The maximum Gasteiger partial charge on any atom is 0.337 e. The van der Waals surface area contributed by atoms with Crippen LogP contribution in [-0.2, 0) is 0 Å². The van der Waals surface area contributed by atoms with E-state index in [1.165, 1.54) is 6.20 Å². The molecule has 23 heavy (non-hydrogen) atoms. The molecule has 114 valence electrons. The molecule has 3 rings (SSSR count). The van der Waals surface area contributed by atoms with Crippen LogP contribution in [0.4, 0.5) is 0 Å². The molecular formula is C18H13ClN2O2. The fraction of sp³-hybridized carbons (Fsp3) is 0.0556. The number of hydrogen-bond donors (Lipinski definition) is 1. The Morgan fingerprint density at radius 2 is 1.87 bits per heavy atom. The largest absolute Gasteiger partial charge is 0.478 e. The normalized spacial score (nSPS) is 10.5. The summed E-state index contributed by atoms with van der Waals surface area (Å²) < 4.78 is 0. The zero-order chi connectivity index (χ0) is 16.4. The second-order valence-corrected chi connectivity index (χ2v) is 5.49. The first kappa shape index (κ1) is 15.2. The van der Waals surface area contributed by atoms with Crippen molar-refractivity contribution in [3.63, 3.8) is 0 Å². The highest BCUT2D eigenvalue weighted by molar-refractivity contribution is 6.33. The van der Waals surface area contributed by atoms with Crippen molar-refractivity contribution in [2.24, 2.45) is 0 Å². The second-order valence-electron chi connectivity index (χ2n) is 5.09. The van der Waals surface area contributed by atoms with Gasteiger partial charge in [0.1, 0.15) is 0 Å². The molecule has 0 fully saturated rings. The monoisotopic (exact) mass is 324 g/mol. The van der Waals surface area contributed by atoms with Gasteiger partial charge in [-0.15, -0.1) is 0 Å². The van der Waals surface area contributed by atoms with E-state index < -0.39 is 5.97 Å². The van der Waals surface area contributed by atoms with Gasteiger partial charge in [-0.2, -0.15) is 0 Å². The minimum atomic E-state index is -1.04. The van der Waals surface area contributed by atoms with Crippen molar-refractivity contribution >= 4 is 17.6 Å². The summed E-state index contributed by atoms with van der Waals surface area (Å²) in [7, 11) is 0. The first-order valence-electron chi connectivity index (χ1n) is 6.97. The number of pyridine rings is 2. The number of aryl methyl sites for hydroxylation is 1. The zero-order valence-electron chi connectivity index (χ0n) is 12.3. The number of benzene rings is 1. The molecule has 1 aromatic carbocycles. The van der Waals surface area contributed by atoms with Gasteiger partial charge in [0.2, 0.25) is 0 Å². The highest BCUT2D eigenvalue weighted by Crippen LogP contribution is 2.32. The number of aromatic carboxylic acids is 1. The van der Waals surface area contributed by atoms with Gasteiger partial charge in [-0.25, -0.2) is 4.79 Å². The van der Waals surface area contributed by atoms with Gasteiger partial charge >= 0.3 is 5.97 Å². The third-order valence-electron chi connectivity index (χ3n) is 3.49. The number of nitrogens with zero attached hydrogens (tertiary/aromatic N) is 2. The van der Waals surface area contributed by atoms with Gasteiger partial charge in [-0.1, -0.05) is 29.8 Å². The average molecular weight is 325 g/mol. The van der Waals surface area contributed by atoms with Crippen LogP contribution in [0, 0.1) is 6.92 Å². The molecule has 0 unspecified atom stereocenters. The Labute approximate surface area is 138 Å². The van der Waals surface area contributed by atoms with Crippen LogP contribution in [0.3, 0.4) is 0 Å². The van der Waals surface area contributed by atoms with Crippen molar-refractivity contribution in [1.82, 2.24) is 9.97 Å². The molecule has 2 heterocycles. The molecule has 0 aliphatic carbocycles. The van der Waals surface area contributed by atoms with Gasteiger partial charge in [0.25, 0.3) is 0 Å². The summed E-state index contributed by atoms with van der Waals surface area (Å²) in [5, 5.41) is 9.93. The number of hydrogen-bond acceptors (Lipinski definition) is 3. The summed E-state index contributed by atoms with van der Waals surface area (Å²) in [6.07, 6.45) is 3.07. The predicted molar refractivity (Wildman–Crippen MR) is 89.6 cm³/mol. The van der Waals surface area contributed by atoms with Crippen molar-refractivity contribution < 1.29 is 9.90 Å². The Bertz CT molecular complexity index is 894. The molecule has 5 heteroatoms. The quantitative estimate of drug-likeness (QED) is 0.772. The molecule has 0 bridgehead atoms. The molecule has 0 saturated heterocycles. The Balaban J connectivity index is 2.22. The van der Waals surface area contributed by atoms with Crippen LogP contribution in [-0.4, -0.2) is 21.0 Å². The third kappa shape index (κ3) is 3.07. The topological polar surface area (TPSA) is 63.1 Å². The van der Waals surface area contributed by atoms with Crippen molar-refractivity contribution in [3.8, 4) is 22.4 Å². The first-order chi connectivity index (χ1) is 11.1. The molecule has 0 amide bonds. The maximum absolute atomic E-state index is 11.5. The lowest BCUT2D eigenvalue weighted by atomic mass is 9.99. The van der Waals surface area contributed by atoms with E-state index in [9.17, 15) is 9.90 Å². The van der Waals surface area contributed by atoms with Crippen LogP contribution in [0.5, 0.6) is 0 Å². The van der Waals surface area contributed by atoms with Gasteiger partial charge in [0.05, 0.1) is 11.3 Å². The minimum Gasteiger partial charge on any atom is -0.478 e. The number of carboxylic acids is 1. The highest BCUT2D eigenvalue weighted by atomic mass is 35.5. The molecule has 0 aliphatic rings. The number of carbonyl (C=O) groups is 1. The highest BCUT2D eigenvalue weighted by Gasteiger charge is 2.16. The summed E-state index contributed by atoms with van der Waals surface area (Å²) in [4.78, 5) is 20.0. The molecule has 2 aromatic heterocycles. The fourth-order valence-corrected chi connectivity index (χ4v) is 2.63. The Hall–Kier alpha value is -2.72. The van der Waals surface area contributed by atoms with Crippen molar-refractivity contribution in [2.45, 2.75) is 6.92 Å². The molecule has 0 spiro atoms. The lowest BCUT2D eigenvalue weighted by molar-refractivity contribution is 0.0697. The molecule has 3 aromatic rings. The van der Waals surface area contributed by atoms with E-state index >= 15 is 0 Å². The van der Waals surface area contributed by atoms with Gasteiger partial charge in [0.15, 0.2) is 0 Å². The molecule has 4 nitrogen and oxygen atoms in total. The van der Waals surface area contributed by atoms with Crippen molar-refractivity contribution in [3.05, 3.63) is 71.1 Å². The van der Waals surface area contributed by atoms with Crippen LogP contribution in [0.15, 0.2) is 54.9 Å². The molecule has 1 N–H and O–H groups in total. The van der Waals surface area contributed by atoms with Crippen LogP contribution in [0.1, 0.15) is 16.1 Å². The van der Waals surface area contributed by atoms with Crippen LogP contribution in [0.2, 0.25) is 5.02 Å². The summed E-state index contributed by atoms with van der Waals surface area (Å²) in [6.45, 7) is 1.89. The Morgan fingerprint density at radius 1 is 1.09 bits per heavy atom. The summed E-state index contributed by atoms with van der Waals surface area (Å²) in [6, 6.07) is 12.7. The second kappa shape index (κ2) is 6.18. The predicted octanol–water partition coefficient (Wildman–Crippen LogP) is 4.47. The van der Waals surface area contributed by atoms with Gasteiger partial charge in [-0.3, -0.25) is 9.97 Å². The van der Waals surface area contributed by atoms with E-state index in [1.807, 2.05) is 25.1 Å². The Kier molecular flexibility index (Phi) is 4.08. The lowest BCUT2D eigenvalue weighted by Crippen LogP contribution is -2.02. The smallest absolute Gasteiger partial charge is 0.337 e. The lowest BCUT2D eigenvalue weighted by Gasteiger charge is -2.10. The summed E-state index contributed by atoms with van der Waals surface area (Å²) in [5.41, 5.74) is 3.75. The van der Waals surface area contributed by atoms with Gasteiger partial charge in [-0.05, 0) is 31.2 Å². The van der Waals surface area contributed by atoms with E-state index in [0.29, 0.717) is 21.8 Å². The fourth-order valence-electron chi connectivity index (χ4n) is 2.39. The molecular weight excluding hydrogens is 312 g/mol. The number of aromatic nitrogens is 2. The van der Waals surface area contributed by atoms with Crippen molar-refractivity contribution in [2.75, 3.05) is 0 Å². The minimum absolute atomic E-state index is 0.118. The van der Waals surface area contributed by atoms with E-state index in [0.717, 1.165) is 11.3 Å². The molecule has 0 radical (unpaired) electrons. The molecule has 0 atom stereocenters. The van der Waals surface area contributed by atoms with Gasteiger partial charge in [0, 0.05) is 39.8 Å².